The molecule has 0 bridgehead atoms. The Labute approximate surface area is 90.2 Å². The molecule has 0 saturated heterocycles. The van der Waals surface area contributed by atoms with Crippen molar-refractivity contribution in [1.29, 1.82) is 0 Å². The minimum atomic E-state index is -0.399. The van der Waals surface area contributed by atoms with Crippen LogP contribution < -0.4 is 16.2 Å². The first-order valence-corrected chi connectivity index (χ1v) is 5.19. The van der Waals surface area contributed by atoms with Gasteiger partial charge >= 0.3 is 0 Å². The van der Waals surface area contributed by atoms with E-state index in [1.54, 1.807) is 0 Å². The van der Waals surface area contributed by atoms with E-state index in [0.29, 0.717) is 5.69 Å². The van der Waals surface area contributed by atoms with Gasteiger partial charge in [-0.3, -0.25) is 9.59 Å². The molecule has 0 spiro atoms. The predicted molar refractivity (Wildman–Crippen MR) is 63.1 cm³/mol. The number of hydrogen-bond donors (Lipinski definition) is 1. The number of hydrogen-bond acceptors (Lipinski definition) is 3. The van der Waals surface area contributed by atoms with Crippen LogP contribution in [0.2, 0.25) is 0 Å². The molecule has 3 heteroatoms. The maximum absolute atomic E-state index is 11.1. The summed E-state index contributed by atoms with van der Waals surface area (Å²) in [5, 5.41) is 3.12. The summed E-state index contributed by atoms with van der Waals surface area (Å²) in [5.74, 6) is 0. The molecular weight excluding hydrogens is 190 g/mol. The molecule has 3 nitrogen and oxygen atoms in total. The van der Waals surface area contributed by atoms with Crippen molar-refractivity contribution in [2.24, 2.45) is 5.41 Å². The first-order chi connectivity index (χ1) is 6.61. The van der Waals surface area contributed by atoms with Crippen molar-refractivity contribution in [1.82, 2.24) is 0 Å². The molecule has 0 saturated carbocycles. The molecule has 0 aliphatic rings. The summed E-state index contributed by atoms with van der Waals surface area (Å²) in [6.45, 7) is 10.5. The van der Waals surface area contributed by atoms with Crippen LogP contribution in [0.4, 0.5) is 5.69 Å². The van der Waals surface area contributed by atoms with Gasteiger partial charge in [0.05, 0.1) is 5.69 Å². The average Bonchev–Trinajstić information content (AvgIpc) is 1.98. The van der Waals surface area contributed by atoms with Crippen molar-refractivity contribution < 1.29 is 0 Å². The van der Waals surface area contributed by atoms with Crippen LogP contribution in [0.1, 0.15) is 41.0 Å². The smallest absolute Gasteiger partial charge is 0.248 e. The third-order valence-electron chi connectivity index (χ3n) is 2.19. The molecular formula is C12H19NO2. The van der Waals surface area contributed by atoms with Gasteiger partial charge in [-0.25, -0.2) is 0 Å². The Hall–Kier alpha value is -1.12. The summed E-state index contributed by atoms with van der Waals surface area (Å²) in [6, 6.07) is 1.37. The zero-order valence-corrected chi connectivity index (χ0v) is 10.1. The number of rotatable bonds is 3. The van der Waals surface area contributed by atoms with E-state index in [4.69, 9.17) is 0 Å². The predicted octanol–water partition coefficient (Wildman–Crippen LogP) is 1.91. The standard InChI is InChI=1S/C12H19NO2/c1-11(2,3)7-12(4,5)13-8-6-9(14)10(8)15/h6,13H,7H2,1-5H3. The fourth-order valence-corrected chi connectivity index (χ4v) is 2.14. The largest absolute Gasteiger partial charge is 0.377 e. The molecule has 0 aromatic heterocycles. The fourth-order valence-electron chi connectivity index (χ4n) is 2.14. The fraction of sp³-hybridized carbons (Fsp3) is 0.667. The highest BCUT2D eigenvalue weighted by Crippen LogP contribution is 2.28. The van der Waals surface area contributed by atoms with Crippen LogP contribution in [0, 0.1) is 5.41 Å². The quantitative estimate of drug-likeness (QED) is 0.773. The first kappa shape index (κ1) is 12.0. The molecule has 0 heterocycles. The molecule has 1 aromatic carbocycles. The Balaban J connectivity index is 2.70. The molecule has 0 fully saturated rings. The summed E-state index contributed by atoms with van der Waals surface area (Å²) in [4.78, 5) is 21.9. The van der Waals surface area contributed by atoms with Gasteiger partial charge in [0, 0.05) is 11.6 Å². The van der Waals surface area contributed by atoms with Crippen LogP contribution in [0.5, 0.6) is 0 Å². The third kappa shape index (κ3) is 3.18. The molecule has 1 aromatic rings. The second kappa shape index (κ2) is 3.47. The summed E-state index contributed by atoms with van der Waals surface area (Å²) in [5.41, 5.74) is -0.316. The molecule has 15 heavy (non-hydrogen) atoms. The Morgan fingerprint density at radius 3 is 2.00 bits per heavy atom. The molecule has 0 amide bonds. The highest BCUT2D eigenvalue weighted by Gasteiger charge is 2.27. The van der Waals surface area contributed by atoms with Crippen LogP contribution >= 0.6 is 0 Å². The molecule has 84 valence electrons. The highest BCUT2D eigenvalue weighted by atomic mass is 16.2. The van der Waals surface area contributed by atoms with Gasteiger partial charge in [-0.1, -0.05) is 20.8 Å². The van der Waals surface area contributed by atoms with Crippen LogP contribution in [0.15, 0.2) is 15.7 Å². The maximum atomic E-state index is 11.1. The minimum absolute atomic E-state index is 0.166. The summed E-state index contributed by atoms with van der Waals surface area (Å²) >= 11 is 0. The molecule has 0 aliphatic heterocycles. The van der Waals surface area contributed by atoms with Crippen molar-refractivity contribution in [3.8, 4) is 0 Å². The van der Waals surface area contributed by atoms with Crippen molar-refractivity contribution in [2.45, 2.75) is 46.6 Å². The lowest BCUT2D eigenvalue weighted by molar-refractivity contribution is 0.302. The van der Waals surface area contributed by atoms with E-state index < -0.39 is 10.9 Å². The normalized spacial score (nSPS) is 13.1. The lowest BCUT2D eigenvalue weighted by Gasteiger charge is -2.34. The van der Waals surface area contributed by atoms with E-state index in [2.05, 4.69) is 26.1 Å². The van der Waals surface area contributed by atoms with Gasteiger partial charge in [0.25, 0.3) is 0 Å². The Kier molecular flexibility index (Phi) is 2.77. The van der Waals surface area contributed by atoms with E-state index in [1.165, 1.54) is 6.07 Å². The SMILES string of the molecule is CC(C)(C)CC(C)(C)Nc1cc(=O)c1=O. The Morgan fingerprint density at radius 2 is 1.67 bits per heavy atom. The summed E-state index contributed by atoms with van der Waals surface area (Å²) in [7, 11) is 0. The Bertz CT molecular complexity index is 417. The van der Waals surface area contributed by atoms with Crippen LogP contribution in [-0.2, 0) is 0 Å². The van der Waals surface area contributed by atoms with Gasteiger partial charge in [-0.15, -0.1) is 0 Å². The van der Waals surface area contributed by atoms with E-state index in [-0.39, 0.29) is 11.0 Å². The van der Waals surface area contributed by atoms with Crippen LogP contribution in [0.3, 0.4) is 0 Å². The molecule has 0 unspecified atom stereocenters. The van der Waals surface area contributed by atoms with Gasteiger partial charge in [0.1, 0.15) is 0 Å². The number of anilines is 1. The minimum Gasteiger partial charge on any atom is -0.377 e. The Morgan fingerprint density at radius 1 is 1.13 bits per heavy atom. The molecule has 0 atom stereocenters. The lowest BCUT2D eigenvalue weighted by atomic mass is 9.81. The molecule has 0 aliphatic carbocycles. The van der Waals surface area contributed by atoms with Gasteiger partial charge in [-0.2, -0.15) is 0 Å². The zero-order chi connectivity index (χ0) is 11.9. The van der Waals surface area contributed by atoms with E-state index in [9.17, 15) is 9.59 Å². The monoisotopic (exact) mass is 209 g/mol. The summed E-state index contributed by atoms with van der Waals surface area (Å²) in [6.07, 6.45) is 0.929. The second-order valence-corrected chi connectivity index (χ2v) is 6.00. The molecule has 1 N–H and O–H groups in total. The van der Waals surface area contributed by atoms with Gasteiger partial charge in [-0.05, 0) is 25.7 Å². The van der Waals surface area contributed by atoms with E-state index in [0.717, 1.165) is 6.42 Å². The molecule has 1 rings (SSSR count). The van der Waals surface area contributed by atoms with Gasteiger partial charge in [0.15, 0.2) is 0 Å². The van der Waals surface area contributed by atoms with E-state index >= 15 is 0 Å². The van der Waals surface area contributed by atoms with Crippen molar-refractivity contribution in [3.05, 3.63) is 26.5 Å². The summed E-state index contributed by atoms with van der Waals surface area (Å²) < 4.78 is 0. The number of nitrogens with one attached hydrogen (secondary N) is 1. The van der Waals surface area contributed by atoms with E-state index in [1.807, 2.05) is 13.8 Å². The lowest BCUT2D eigenvalue weighted by Crippen LogP contribution is -2.42. The maximum Gasteiger partial charge on any atom is 0.248 e. The van der Waals surface area contributed by atoms with Crippen LogP contribution in [-0.4, -0.2) is 5.54 Å². The van der Waals surface area contributed by atoms with Gasteiger partial charge in [0.2, 0.25) is 10.9 Å². The topological polar surface area (TPSA) is 46.2 Å². The van der Waals surface area contributed by atoms with Gasteiger partial charge < -0.3 is 5.32 Å². The zero-order valence-electron chi connectivity index (χ0n) is 10.1. The van der Waals surface area contributed by atoms with Crippen molar-refractivity contribution >= 4 is 5.69 Å². The first-order valence-electron chi connectivity index (χ1n) is 5.19. The third-order valence-corrected chi connectivity index (χ3v) is 2.19. The molecule has 0 radical (unpaired) electrons. The highest BCUT2D eigenvalue weighted by molar-refractivity contribution is 5.49. The van der Waals surface area contributed by atoms with Crippen LogP contribution in [0.25, 0.3) is 0 Å². The average molecular weight is 209 g/mol. The van der Waals surface area contributed by atoms with Crippen molar-refractivity contribution in [2.75, 3.05) is 5.32 Å². The van der Waals surface area contributed by atoms with Crippen molar-refractivity contribution in [3.63, 3.8) is 0 Å². The second-order valence-electron chi connectivity index (χ2n) is 6.00.